The van der Waals surface area contributed by atoms with Crippen molar-refractivity contribution in [1.82, 2.24) is 24.8 Å². The normalized spacial score (nSPS) is 21.5. The van der Waals surface area contributed by atoms with E-state index < -0.39 is 0 Å². The molecule has 1 fully saturated rings. The SMILES string of the molecule is Cc1cc(C(=O)N[C@H]2CC[C@H](N)CC2)nc(-n2ccnc2)n1. The van der Waals surface area contributed by atoms with Crippen LogP contribution in [0.1, 0.15) is 41.9 Å². The van der Waals surface area contributed by atoms with Gasteiger partial charge in [0.1, 0.15) is 12.0 Å². The molecule has 116 valence electrons. The Morgan fingerprint density at radius 3 is 2.77 bits per heavy atom. The number of nitrogens with one attached hydrogen (secondary N) is 1. The molecule has 0 spiro atoms. The zero-order chi connectivity index (χ0) is 15.5. The van der Waals surface area contributed by atoms with Crippen LogP contribution < -0.4 is 11.1 Å². The zero-order valence-electron chi connectivity index (χ0n) is 12.6. The van der Waals surface area contributed by atoms with Gasteiger partial charge in [-0.1, -0.05) is 0 Å². The van der Waals surface area contributed by atoms with Crippen LogP contribution in [0.15, 0.2) is 24.8 Å². The molecular weight excluding hydrogens is 280 g/mol. The Kier molecular flexibility index (Phi) is 4.15. The second-order valence-corrected chi connectivity index (χ2v) is 5.75. The number of aryl methyl sites for hydroxylation is 1. The fraction of sp³-hybridized carbons (Fsp3) is 0.467. The molecule has 0 saturated heterocycles. The molecule has 0 bridgehead atoms. The molecule has 0 radical (unpaired) electrons. The molecule has 1 amide bonds. The molecule has 1 aliphatic rings. The average molecular weight is 300 g/mol. The van der Waals surface area contributed by atoms with Gasteiger partial charge in [-0.15, -0.1) is 0 Å². The number of carbonyl (C=O) groups is 1. The lowest BCUT2D eigenvalue weighted by Gasteiger charge is -2.26. The van der Waals surface area contributed by atoms with Crippen molar-refractivity contribution in [1.29, 1.82) is 0 Å². The van der Waals surface area contributed by atoms with Crippen molar-refractivity contribution in [2.45, 2.75) is 44.7 Å². The third kappa shape index (κ3) is 3.30. The number of hydrogen-bond acceptors (Lipinski definition) is 5. The molecule has 1 aliphatic carbocycles. The maximum absolute atomic E-state index is 12.4. The summed E-state index contributed by atoms with van der Waals surface area (Å²) in [5.41, 5.74) is 7.02. The van der Waals surface area contributed by atoms with Gasteiger partial charge in [0.15, 0.2) is 0 Å². The molecule has 2 aromatic rings. The number of rotatable bonds is 3. The van der Waals surface area contributed by atoms with Crippen LogP contribution in [0.4, 0.5) is 0 Å². The van der Waals surface area contributed by atoms with Gasteiger partial charge >= 0.3 is 0 Å². The van der Waals surface area contributed by atoms with Crippen LogP contribution >= 0.6 is 0 Å². The second-order valence-electron chi connectivity index (χ2n) is 5.75. The molecule has 7 heteroatoms. The average Bonchev–Trinajstić information content (AvgIpc) is 3.03. The quantitative estimate of drug-likeness (QED) is 0.880. The lowest BCUT2D eigenvalue weighted by molar-refractivity contribution is 0.0920. The van der Waals surface area contributed by atoms with Crippen molar-refractivity contribution in [3.05, 3.63) is 36.2 Å². The number of nitrogens with zero attached hydrogens (tertiary/aromatic N) is 4. The second kappa shape index (κ2) is 6.23. The summed E-state index contributed by atoms with van der Waals surface area (Å²) in [5, 5.41) is 3.05. The highest BCUT2D eigenvalue weighted by molar-refractivity contribution is 5.92. The molecule has 22 heavy (non-hydrogen) atoms. The number of amides is 1. The summed E-state index contributed by atoms with van der Waals surface area (Å²) >= 11 is 0. The Labute approximate surface area is 129 Å². The van der Waals surface area contributed by atoms with Crippen LogP contribution in [-0.2, 0) is 0 Å². The number of nitrogens with two attached hydrogens (primary N) is 1. The van der Waals surface area contributed by atoms with E-state index in [2.05, 4.69) is 20.3 Å². The largest absolute Gasteiger partial charge is 0.348 e. The summed E-state index contributed by atoms with van der Waals surface area (Å²) in [6.07, 6.45) is 8.76. The smallest absolute Gasteiger partial charge is 0.270 e. The van der Waals surface area contributed by atoms with Gasteiger partial charge < -0.3 is 11.1 Å². The van der Waals surface area contributed by atoms with Crippen molar-refractivity contribution in [2.75, 3.05) is 0 Å². The maximum Gasteiger partial charge on any atom is 0.270 e. The van der Waals surface area contributed by atoms with E-state index in [1.807, 2.05) is 6.92 Å². The van der Waals surface area contributed by atoms with E-state index in [9.17, 15) is 4.79 Å². The van der Waals surface area contributed by atoms with Crippen LogP contribution in [0.5, 0.6) is 0 Å². The lowest BCUT2D eigenvalue weighted by atomic mass is 9.92. The van der Waals surface area contributed by atoms with E-state index in [0.717, 1.165) is 31.4 Å². The summed E-state index contributed by atoms with van der Waals surface area (Å²) in [6.45, 7) is 1.85. The van der Waals surface area contributed by atoms with E-state index in [1.165, 1.54) is 0 Å². The van der Waals surface area contributed by atoms with Crippen LogP contribution in [0.2, 0.25) is 0 Å². The van der Waals surface area contributed by atoms with Gasteiger partial charge in [-0.05, 0) is 38.7 Å². The van der Waals surface area contributed by atoms with Gasteiger partial charge in [0.2, 0.25) is 5.95 Å². The number of carbonyl (C=O) groups excluding carboxylic acids is 1. The number of imidazole rings is 1. The Balaban J connectivity index is 1.75. The third-order valence-electron chi connectivity index (χ3n) is 3.92. The summed E-state index contributed by atoms with van der Waals surface area (Å²) in [5.74, 6) is 0.292. The molecular formula is C15H20N6O. The summed E-state index contributed by atoms with van der Waals surface area (Å²) in [7, 11) is 0. The molecule has 3 N–H and O–H groups in total. The summed E-state index contributed by atoms with van der Waals surface area (Å²) in [4.78, 5) is 25.0. The molecule has 2 aromatic heterocycles. The number of hydrogen-bond donors (Lipinski definition) is 2. The Bertz CT molecular complexity index is 646. The van der Waals surface area contributed by atoms with Gasteiger partial charge in [-0.2, -0.15) is 0 Å². The van der Waals surface area contributed by atoms with Gasteiger partial charge in [-0.3, -0.25) is 9.36 Å². The molecule has 3 rings (SSSR count). The van der Waals surface area contributed by atoms with Crippen LogP contribution in [0.25, 0.3) is 5.95 Å². The molecule has 0 atom stereocenters. The Morgan fingerprint density at radius 2 is 2.09 bits per heavy atom. The lowest BCUT2D eigenvalue weighted by Crippen LogP contribution is -2.40. The standard InChI is InChI=1S/C15H20N6O/c1-10-8-13(20-15(18-10)21-7-6-17-9-21)14(22)19-12-4-2-11(16)3-5-12/h6-9,11-12H,2-5,16H2,1H3,(H,19,22)/t11-,12-. The molecule has 7 nitrogen and oxygen atoms in total. The van der Waals surface area contributed by atoms with Crippen molar-refractivity contribution < 1.29 is 4.79 Å². The molecule has 0 aromatic carbocycles. The topological polar surface area (TPSA) is 98.7 Å². The van der Waals surface area contributed by atoms with Gasteiger partial charge in [0, 0.05) is 30.2 Å². The van der Waals surface area contributed by atoms with Crippen molar-refractivity contribution >= 4 is 5.91 Å². The molecule has 0 aliphatic heterocycles. The Hall–Kier alpha value is -2.28. The van der Waals surface area contributed by atoms with Crippen molar-refractivity contribution in [3.63, 3.8) is 0 Å². The van der Waals surface area contributed by atoms with Crippen molar-refractivity contribution in [2.24, 2.45) is 5.73 Å². The number of aromatic nitrogens is 4. The van der Waals surface area contributed by atoms with Crippen molar-refractivity contribution in [3.8, 4) is 5.95 Å². The summed E-state index contributed by atoms with van der Waals surface area (Å²) in [6, 6.07) is 2.14. The predicted octanol–water partition coefficient (Wildman–Crippen LogP) is 0.970. The first-order valence-corrected chi connectivity index (χ1v) is 7.52. The first kappa shape index (κ1) is 14.6. The molecule has 0 unspecified atom stereocenters. The van der Waals surface area contributed by atoms with Gasteiger partial charge in [0.05, 0.1) is 0 Å². The first-order chi connectivity index (χ1) is 10.6. The highest BCUT2D eigenvalue weighted by Crippen LogP contribution is 2.17. The fourth-order valence-corrected chi connectivity index (χ4v) is 2.68. The van der Waals surface area contributed by atoms with E-state index >= 15 is 0 Å². The molecule has 2 heterocycles. The van der Waals surface area contributed by atoms with Gasteiger partial charge in [0.25, 0.3) is 5.91 Å². The van der Waals surface area contributed by atoms with Crippen LogP contribution in [0.3, 0.4) is 0 Å². The van der Waals surface area contributed by atoms with E-state index in [1.54, 1.807) is 29.4 Å². The maximum atomic E-state index is 12.4. The van der Waals surface area contributed by atoms with E-state index in [4.69, 9.17) is 5.73 Å². The monoisotopic (exact) mass is 300 g/mol. The third-order valence-corrected chi connectivity index (χ3v) is 3.92. The fourth-order valence-electron chi connectivity index (χ4n) is 2.68. The van der Waals surface area contributed by atoms with Crippen LogP contribution in [-0.4, -0.2) is 37.5 Å². The van der Waals surface area contributed by atoms with E-state index in [-0.39, 0.29) is 18.0 Å². The predicted molar refractivity (Wildman–Crippen MR) is 81.6 cm³/mol. The van der Waals surface area contributed by atoms with Gasteiger partial charge in [-0.25, -0.2) is 15.0 Å². The van der Waals surface area contributed by atoms with E-state index in [0.29, 0.717) is 11.6 Å². The first-order valence-electron chi connectivity index (χ1n) is 7.52. The minimum Gasteiger partial charge on any atom is -0.348 e. The minimum absolute atomic E-state index is 0.160. The van der Waals surface area contributed by atoms with Crippen LogP contribution in [0, 0.1) is 6.92 Å². The highest BCUT2D eigenvalue weighted by Gasteiger charge is 2.21. The minimum atomic E-state index is -0.160. The Morgan fingerprint density at radius 1 is 1.32 bits per heavy atom. The highest BCUT2D eigenvalue weighted by atomic mass is 16.1. The molecule has 1 saturated carbocycles. The summed E-state index contributed by atoms with van der Waals surface area (Å²) < 4.78 is 1.68. The zero-order valence-corrected chi connectivity index (χ0v) is 12.6.